The second-order valence-electron chi connectivity index (χ2n) is 4.98. The Hall–Kier alpha value is -0.510. The van der Waals surface area contributed by atoms with Gasteiger partial charge in [-0.05, 0) is 12.0 Å². The second kappa shape index (κ2) is 7.82. The molecule has 0 radical (unpaired) electrons. The van der Waals surface area contributed by atoms with Gasteiger partial charge in [0.2, 0.25) is 0 Å². The summed E-state index contributed by atoms with van der Waals surface area (Å²) in [7, 11) is -2.28. The van der Waals surface area contributed by atoms with Gasteiger partial charge in [0.25, 0.3) is 0 Å². The van der Waals surface area contributed by atoms with Crippen LogP contribution in [0.4, 0.5) is 0 Å². The van der Waals surface area contributed by atoms with Gasteiger partial charge in [-0.3, -0.25) is 0 Å². The highest BCUT2D eigenvalue weighted by molar-refractivity contribution is 7.39. The lowest BCUT2D eigenvalue weighted by Crippen LogP contribution is -2.25. The first-order chi connectivity index (χ1) is 8.49. The standard InChI is InChI=1S/C13H21O4P/c1-13(2,11-17-18(14)15)10-16-9-8-12-6-4-3-5-7-12/h3-7,14-15H,8-11H2,1-2H3. The summed E-state index contributed by atoms with van der Waals surface area (Å²) in [5.74, 6) is 0. The molecule has 2 N–H and O–H groups in total. The SMILES string of the molecule is CC(C)(COCCc1ccccc1)COP(O)O. The van der Waals surface area contributed by atoms with E-state index >= 15 is 0 Å². The molecular weight excluding hydrogens is 251 g/mol. The van der Waals surface area contributed by atoms with E-state index in [1.807, 2.05) is 32.0 Å². The summed E-state index contributed by atoms with van der Waals surface area (Å²) < 4.78 is 10.4. The molecule has 0 aliphatic heterocycles. The quantitative estimate of drug-likeness (QED) is 0.564. The maximum atomic E-state index is 8.69. The maximum Gasteiger partial charge on any atom is 0.327 e. The number of ether oxygens (including phenoxy) is 1. The van der Waals surface area contributed by atoms with Gasteiger partial charge in [-0.2, -0.15) is 0 Å². The molecule has 0 unspecified atom stereocenters. The Morgan fingerprint density at radius 3 is 2.39 bits per heavy atom. The normalized spacial score (nSPS) is 12.1. The molecule has 0 saturated heterocycles. The fraction of sp³-hybridized carbons (Fsp3) is 0.538. The summed E-state index contributed by atoms with van der Waals surface area (Å²) in [6.07, 6.45) is 0.879. The van der Waals surface area contributed by atoms with Gasteiger partial charge in [0.1, 0.15) is 0 Å². The minimum Gasteiger partial charge on any atom is -0.380 e. The monoisotopic (exact) mass is 272 g/mol. The van der Waals surface area contributed by atoms with Crippen molar-refractivity contribution in [3.63, 3.8) is 0 Å². The van der Waals surface area contributed by atoms with Crippen molar-refractivity contribution < 1.29 is 19.0 Å². The molecule has 0 amide bonds. The minimum atomic E-state index is -2.28. The first-order valence-corrected chi connectivity index (χ1v) is 7.09. The van der Waals surface area contributed by atoms with Crippen molar-refractivity contribution in [3.8, 4) is 0 Å². The lowest BCUT2D eigenvalue weighted by molar-refractivity contribution is 0.0331. The highest BCUT2D eigenvalue weighted by Gasteiger charge is 2.20. The number of hydrogen-bond donors (Lipinski definition) is 2. The van der Waals surface area contributed by atoms with Crippen LogP contribution in [-0.4, -0.2) is 29.6 Å². The molecule has 5 heteroatoms. The molecular formula is C13H21O4P. The largest absolute Gasteiger partial charge is 0.380 e. The summed E-state index contributed by atoms with van der Waals surface area (Å²) in [6, 6.07) is 10.2. The van der Waals surface area contributed by atoms with E-state index in [9.17, 15) is 0 Å². The van der Waals surface area contributed by atoms with E-state index < -0.39 is 8.60 Å². The lowest BCUT2D eigenvalue weighted by atomic mass is 9.97. The number of rotatable bonds is 8. The predicted molar refractivity (Wildman–Crippen MR) is 72.1 cm³/mol. The van der Waals surface area contributed by atoms with Gasteiger partial charge in [0.15, 0.2) is 0 Å². The predicted octanol–water partition coefficient (Wildman–Crippen LogP) is 2.50. The summed E-state index contributed by atoms with van der Waals surface area (Å²) >= 11 is 0. The molecule has 0 fully saturated rings. The lowest BCUT2D eigenvalue weighted by Gasteiger charge is -2.24. The van der Waals surface area contributed by atoms with E-state index in [0.717, 1.165) is 6.42 Å². The first-order valence-electron chi connectivity index (χ1n) is 5.92. The molecule has 0 saturated carbocycles. The van der Waals surface area contributed by atoms with Crippen molar-refractivity contribution >= 4 is 8.60 Å². The summed E-state index contributed by atoms with van der Waals surface area (Å²) in [5, 5.41) is 0. The topological polar surface area (TPSA) is 58.9 Å². The Kier molecular flexibility index (Phi) is 6.76. The Labute approximate surface area is 110 Å². The fourth-order valence-corrected chi connectivity index (χ4v) is 1.92. The smallest absolute Gasteiger partial charge is 0.327 e. The molecule has 0 spiro atoms. The molecule has 102 valence electrons. The van der Waals surface area contributed by atoms with Gasteiger partial charge >= 0.3 is 8.60 Å². The molecule has 0 aromatic heterocycles. The maximum absolute atomic E-state index is 8.69. The van der Waals surface area contributed by atoms with E-state index in [4.69, 9.17) is 19.0 Å². The van der Waals surface area contributed by atoms with Crippen molar-refractivity contribution in [3.05, 3.63) is 35.9 Å². The average Bonchev–Trinajstić information content (AvgIpc) is 2.34. The number of benzene rings is 1. The van der Waals surface area contributed by atoms with Crippen LogP contribution < -0.4 is 0 Å². The van der Waals surface area contributed by atoms with Crippen LogP contribution in [-0.2, 0) is 15.7 Å². The van der Waals surface area contributed by atoms with Gasteiger partial charge in [0.05, 0.1) is 19.8 Å². The summed E-state index contributed by atoms with van der Waals surface area (Å²) in [5.41, 5.74) is 1.03. The molecule has 0 atom stereocenters. The minimum absolute atomic E-state index is 0.220. The van der Waals surface area contributed by atoms with E-state index in [1.165, 1.54) is 5.56 Å². The fourth-order valence-electron chi connectivity index (χ4n) is 1.46. The van der Waals surface area contributed by atoms with Crippen LogP contribution in [0.5, 0.6) is 0 Å². The zero-order chi connectivity index (χ0) is 13.4. The average molecular weight is 272 g/mol. The van der Waals surface area contributed by atoms with Gasteiger partial charge in [0, 0.05) is 5.41 Å². The third-order valence-electron chi connectivity index (χ3n) is 2.44. The Morgan fingerprint density at radius 2 is 1.78 bits per heavy atom. The van der Waals surface area contributed by atoms with Crippen LogP contribution in [0.25, 0.3) is 0 Å². The van der Waals surface area contributed by atoms with Crippen LogP contribution in [0.3, 0.4) is 0 Å². The van der Waals surface area contributed by atoms with Gasteiger partial charge in [-0.1, -0.05) is 44.2 Å². The van der Waals surface area contributed by atoms with E-state index in [-0.39, 0.29) is 12.0 Å². The zero-order valence-corrected chi connectivity index (χ0v) is 11.8. The van der Waals surface area contributed by atoms with Crippen LogP contribution in [0.2, 0.25) is 0 Å². The molecule has 0 heterocycles. The third-order valence-corrected chi connectivity index (χ3v) is 2.80. The Morgan fingerprint density at radius 1 is 1.11 bits per heavy atom. The van der Waals surface area contributed by atoms with Crippen LogP contribution in [0.15, 0.2) is 30.3 Å². The van der Waals surface area contributed by atoms with Crippen LogP contribution in [0, 0.1) is 5.41 Å². The molecule has 18 heavy (non-hydrogen) atoms. The molecule has 1 aromatic carbocycles. The first kappa shape index (κ1) is 15.5. The van der Waals surface area contributed by atoms with Crippen LogP contribution >= 0.6 is 8.60 Å². The molecule has 4 nitrogen and oxygen atoms in total. The molecule has 0 aliphatic carbocycles. The molecule has 1 rings (SSSR count). The van der Waals surface area contributed by atoms with E-state index in [2.05, 4.69) is 12.1 Å². The van der Waals surface area contributed by atoms with Crippen molar-refractivity contribution in [2.24, 2.45) is 5.41 Å². The van der Waals surface area contributed by atoms with Crippen molar-refractivity contribution in [1.82, 2.24) is 0 Å². The van der Waals surface area contributed by atoms with Crippen LogP contribution in [0.1, 0.15) is 19.4 Å². The molecule has 0 bridgehead atoms. The second-order valence-corrected chi connectivity index (χ2v) is 5.74. The Bertz CT molecular complexity index is 327. The zero-order valence-electron chi connectivity index (χ0n) is 10.9. The summed E-state index contributed by atoms with van der Waals surface area (Å²) in [6.45, 7) is 5.39. The van der Waals surface area contributed by atoms with Crippen molar-refractivity contribution in [1.29, 1.82) is 0 Å². The van der Waals surface area contributed by atoms with E-state index in [1.54, 1.807) is 0 Å². The van der Waals surface area contributed by atoms with E-state index in [0.29, 0.717) is 13.2 Å². The van der Waals surface area contributed by atoms with Crippen molar-refractivity contribution in [2.75, 3.05) is 19.8 Å². The highest BCUT2D eigenvalue weighted by Crippen LogP contribution is 2.29. The van der Waals surface area contributed by atoms with Gasteiger partial charge < -0.3 is 19.0 Å². The number of hydrogen-bond acceptors (Lipinski definition) is 4. The summed E-state index contributed by atoms with van der Waals surface area (Å²) in [4.78, 5) is 17.4. The third kappa shape index (κ3) is 7.04. The molecule has 0 aliphatic rings. The van der Waals surface area contributed by atoms with Gasteiger partial charge in [-0.15, -0.1) is 0 Å². The van der Waals surface area contributed by atoms with Gasteiger partial charge in [-0.25, -0.2) is 0 Å². The Balaban J connectivity index is 2.17. The van der Waals surface area contributed by atoms with Crippen molar-refractivity contribution in [2.45, 2.75) is 20.3 Å². The molecule has 1 aromatic rings. The highest BCUT2D eigenvalue weighted by atomic mass is 31.2.